The summed E-state index contributed by atoms with van der Waals surface area (Å²) in [6, 6.07) is 52.0. The molecule has 5 aromatic heterocycles. The normalized spacial score (nSPS) is 12.1. The Bertz CT molecular complexity index is 3290. The van der Waals surface area contributed by atoms with Crippen LogP contribution in [0.4, 0.5) is 0 Å². The molecule has 0 amide bonds. The first-order chi connectivity index (χ1) is 26.4. The van der Waals surface area contributed by atoms with Gasteiger partial charge in [-0.05, 0) is 70.3 Å². The van der Waals surface area contributed by atoms with Gasteiger partial charge in [-0.25, -0.2) is 4.98 Å². The second kappa shape index (κ2) is 12.4. The molecule has 11 aromatic rings. The van der Waals surface area contributed by atoms with E-state index in [4.69, 9.17) is 14.7 Å². The van der Waals surface area contributed by atoms with Crippen molar-refractivity contribution in [2.45, 2.75) is 26.2 Å². The number of imidazole rings is 1. The van der Waals surface area contributed by atoms with E-state index in [1.165, 1.54) is 21.9 Å². The third-order valence-corrected chi connectivity index (χ3v) is 10.8. The van der Waals surface area contributed by atoms with Crippen LogP contribution in [0.2, 0.25) is 0 Å². The number of hydrogen-bond donors (Lipinski definition) is 0. The summed E-state index contributed by atoms with van der Waals surface area (Å²) in [5, 5.41) is 7.72. The molecule has 0 unspecified atom stereocenters. The zero-order valence-corrected chi connectivity index (χ0v) is 31.9. The van der Waals surface area contributed by atoms with Gasteiger partial charge < -0.3 is 18.3 Å². The van der Waals surface area contributed by atoms with Crippen LogP contribution in [-0.2, 0) is 25.8 Å². The molecule has 55 heavy (non-hydrogen) atoms. The number of aromatic nitrogens is 5. The van der Waals surface area contributed by atoms with E-state index in [2.05, 4.69) is 162 Å². The standard InChI is InChI=1S/C48H33N5O.Pd/c1-48(2,3)30-21-22-49-46(25-30)53-42-16-10-7-13-35(42)37-20-18-33(27-44(37)53)54-32-17-19-34-38-29-45-39(28-43(38)51-24-23-50-47(51)40(34)26-32)36-14-8-9-15-41(36)52(45)31-11-5-4-6-12-31;/h4-25,28-29H,1-3H3;/q-2;+2. The van der Waals surface area contributed by atoms with Gasteiger partial charge in [-0.1, -0.05) is 97.7 Å². The minimum Gasteiger partial charge on any atom is -0.503 e. The number of ether oxygens (including phenoxy) is 1. The summed E-state index contributed by atoms with van der Waals surface area (Å²) in [6.07, 6.45) is 5.79. The number of nitrogens with zero attached hydrogens (tertiary/aromatic N) is 5. The predicted octanol–water partition coefficient (Wildman–Crippen LogP) is 11.9. The molecule has 11 rings (SSSR count). The molecule has 0 N–H and O–H groups in total. The molecule has 6 aromatic carbocycles. The van der Waals surface area contributed by atoms with Crippen molar-refractivity contribution in [2.75, 3.05) is 0 Å². The molecular formula is C48H33N5OPd. The van der Waals surface area contributed by atoms with Crippen molar-refractivity contribution in [1.82, 2.24) is 23.5 Å². The van der Waals surface area contributed by atoms with Crippen LogP contribution in [0.3, 0.4) is 0 Å². The van der Waals surface area contributed by atoms with Crippen LogP contribution in [0.25, 0.3) is 82.4 Å². The number of hydrogen-bond acceptors (Lipinski definition) is 3. The van der Waals surface area contributed by atoms with Crippen LogP contribution in [0, 0.1) is 12.1 Å². The molecule has 7 heteroatoms. The fraction of sp³-hybridized carbons (Fsp3) is 0.0833. The molecule has 266 valence electrons. The summed E-state index contributed by atoms with van der Waals surface area (Å²) >= 11 is 0. The summed E-state index contributed by atoms with van der Waals surface area (Å²) in [7, 11) is 0. The summed E-state index contributed by atoms with van der Waals surface area (Å²) in [6.45, 7) is 6.67. The molecule has 0 aliphatic rings. The molecule has 6 nitrogen and oxygen atoms in total. The summed E-state index contributed by atoms with van der Waals surface area (Å²) in [5.74, 6) is 2.05. The monoisotopic (exact) mass is 801 g/mol. The first kappa shape index (κ1) is 33.3. The van der Waals surface area contributed by atoms with Crippen LogP contribution < -0.4 is 4.74 Å². The Hall–Kier alpha value is -6.26. The van der Waals surface area contributed by atoms with E-state index in [9.17, 15) is 0 Å². The molecule has 0 aliphatic heterocycles. The molecule has 0 bridgehead atoms. The fourth-order valence-corrected chi connectivity index (χ4v) is 8.19. The van der Waals surface area contributed by atoms with Crippen LogP contribution >= 0.6 is 0 Å². The summed E-state index contributed by atoms with van der Waals surface area (Å²) < 4.78 is 13.3. The number of pyridine rings is 2. The Morgan fingerprint density at radius 1 is 0.545 bits per heavy atom. The molecule has 0 spiro atoms. The van der Waals surface area contributed by atoms with Crippen molar-refractivity contribution in [1.29, 1.82) is 0 Å². The van der Waals surface area contributed by atoms with Crippen molar-refractivity contribution in [3.63, 3.8) is 0 Å². The van der Waals surface area contributed by atoms with Crippen molar-refractivity contribution in [3.05, 3.63) is 164 Å². The number of fused-ring (bicyclic) bond motifs is 12. The molecule has 0 atom stereocenters. The van der Waals surface area contributed by atoms with Crippen molar-refractivity contribution in [2.24, 2.45) is 0 Å². The van der Waals surface area contributed by atoms with E-state index >= 15 is 0 Å². The summed E-state index contributed by atoms with van der Waals surface area (Å²) in [5.41, 5.74) is 8.57. The first-order valence-electron chi connectivity index (χ1n) is 18.2. The maximum atomic E-state index is 6.60. The second-order valence-electron chi connectivity index (χ2n) is 15.0. The van der Waals surface area contributed by atoms with Crippen LogP contribution in [0.1, 0.15) is 26.3 Å². The number of para-hydroxylation sites is 3. The maximum absolute atomic E-state index is 6.60. The Labute approximate surface area is 330 Å². The second-order valence-corrected chi connectivity index (χ2v) is 15.0. The van der Waals surface area contributed by atoms with Crippen molar-refractivity contribution < 1.29 is 25.2 Å². The van der Waals surface area contributed by atoms with Gasteiger partial charge in [0.15, 0.2) is 0 Å². The number of rotatable bonds is 4. The zero-order valence-electron chi connectivity index (χ0n) is 30.3. The Balaban J connectivity index is 0.00000372. The average molecular weight is 802 g/mol. The molecule has 0 radical (unpaired) electrons. The van der Waals surface area contributed by atoms with E-state index in [-0.39, 0.29) is 25.8 Å². The topological polar surface area (TPSA) is 49.3 Å². The van der Waals surface area contributed by atoms with Crippen LogP contribution in [0.15, 0.2) is 146 Å². The van der Waals surface area contributed by atoms with Gasteiger partial charge in [-0.15, -0.1) is 29.7 Å². The molecule has 5 heterocycles. The molecule has 0 saturated carbocycles. The maximum Gasteiger partial charge on any atom is 2.00 e. The Kier molecular flexibility index (Phi) is 7.51. The van der Waals surface area contributed by atoms with E-state index in [1.807, 2.05) is 30.7 Å². The van der Waals surface area contributed by atoms with Gasteiger partial charge in [0.1, 0.15) is 5.82 Å². The smallest absolute Gasteiger partial charge is 0.503 e. The third kappa shape index (κ3) is 5.12. The van der Waals surface area contributed by atoms with E-state index in [1.54, 1.807) is 0 Å². The average Bonchev–Trinajstić information content (AvgIpc) is 3.90. The molecular weight excluding hydrogens is 769 g/mol. The van der Waals surface area contributed by atoms with Gasteiger partial charge in [0.2, 0.25) is 0 Å². The minimum absolute atomic E-state index is 0. The predicted molar refractivity (Wildman–Crippen MR) is 220 cm³/mol. The molecule has 0 fully saturated rings. The van der Waals surface area contributed by atoms with Gasteiger partial charge in [0.05, 0.1) is 16.7 Å². The molecule has 0 saturated heterocycles. The van der Waals surface area contributed by atoms with E-state index in [0.29, 0.717) is 11.5 Å². The van der Waals surface area contributed by atoms with E-state index in [0.717, 1.165) is 66.2 Å². The van der Waals surface area contributed by atoms with Gasteiger partial charge in [-0.2, -0.15) is 6.07 Å². The fourth-order valence-electron chi connectivity index (χ4n) is 8.19. The Morgan fingerprint density at radius 3 is 1.98 bits per heavy atom. The summed E-state index contributed by atoms with van der Waals surface area (Å²) in [4.78, 5) is 9.66. The third-order valence-electron chi connectivity index (χ3n) is 10.8. The molecule has 0 aliphatic carbocycles. The first-order valence-corrected chi connectivity index (χ1v) is 18.2. The van der Waals surface area contributed by atoms with E-state index < -0.39 is 0 Å². The van der Waals surface area contributed by atoms with Crippen molar-refractivity contribution >= 4 is 70.9 Å². The largest absolute Gasteiger partial charge is 2.00 e. The quantitative estimate of drug-likeness (QED) is 0.101. The van der Waals surface area contributed by atoms with Crippen LogP contribution in [-0.4, -0.2) is 23.5 Å². The number of benzene rings is 6. The SMILES string of the molecule is CC(C)(C)c1ccnc(-n2c3[c-]c(Oc4[c-]c5c(cc4)c4cc6c(cc4n4ccnc54)c4ccccc4n6-c4ccccc4)ccc3c3ccccc32)c1.[Pd+2]. The van der Waals surface area contributed by atoms with Gasteiger partial charge in [-0.3, -0.25) is 4.98 Å². The van der Waals surface area contributed by atoms with Gasteiger partial charge >= 0.3 is 20.4 Å². The van der Waals surface area contributed by atoms with Crippen molar-refractivity contribution in [3.8, 4) is 23.0 Å². The zero-order chi connectivity index (χ0) is 36.1. The minimum atomic E-state index is -0.0156. The van der Waals surface area contributed by atoms with Gasteiger partial charge in [0, 0.05) is 57.6 Å². The Morgan fingerprint density at radius 2 is 1.20 bits per heavy atom. The van der Waals surface area contributed by atoms with Gasteiger partial charge in [0.25, 0.3) is 0 Å². The van der Waals surface area contributed by atoms with Crippen LogP contribution in [0.5, 0.6) is 11.5 Å².